The van der Waals surface area contributed by atoms with E-state index >= 15 is 0 Å². The van der Waals surface area contributed by atoms with Crippen LogP contribution in [0.1, 0.15) is 17.5 Å². The van der Waals surface area contributed by atoms with Crippen LogP contribution >= 0.6 is 15.9 Å². The van der Waals surface area contributed by atoms with Crippen LogP contribution in [-0.2, 0) is 6.42 Å². The molecule has 0 heterocycles. The number of rotatable bonds is 1. The molecule has 1 heteroatoms. The molecule has 13 heavy (non-hydrogen) atoms. The highest BCUT2D eigenvalue weighted by atomic mass is 79.9. The Bertz CT molecular complexity index is 374. The van der Waals surface area contributed by atoms with Crippen LogP contribution in [0.15, 0.2) is 42.5 Å². The smallest absolute Gasteiger partial charge is 0.0282 e. The molecule has 0 amide bonds. The van der Waals surface area contributed by atoms with Crippen molar-refractivity contribution in [2.24, 2.45) is 0 Å². The minimum absolute atomic E-state index is 1.10. The van der Waals surface area contributed by atoms with Crippen LogP contribution in [0.3, 0.4) is 0 Å². The zero-order valence-corrected chi connectivity index (χ0v) is 8.97. The number of hydrogen-bond donors (Lipinski definition) is 0. The van der Waals surface area contributed by atoms with Gasteiger partial charge in [0.05, 0.1) is 0 Å². The Hall–Kier alpha value is -0.820. The molecule has 0 unspecified atom stereocenters. The predicted octanol–water partition coefficient (Wildman–Crippen LogP) is 3.92. The molecular formula is C12H11Br. The molecule has 0 saturated heterocycles. The van der Waals surface area contributed by atoms with Gasteiger partial charge in [-0.3, -0.25) is 0 Å². The van der Waals surface area contributed by atoms with E-state index in [2.05, 4.69) is 46.8 Å². The Morgan fingerprint density at radius 1 is 1.23 bits per heavy atom. The first-order chi connectivity index (χ1) is 6.33. The normalized spacial score (nSPS) is 15.5. The number of aryl methyl sites for hydroxylation is 1. The lowest BCUT2D eigenvalue weighted by Gasteiger charge is -2.17. The number of allylic oxidation sites excluding steroid dienone is 2. The quantitative estimate of drug-likeness (QED) is 0.691. The summed E-state index contributed by atoms with van der Waals surface area (Å²) in [5, 5.41) is 0. The maximum Gasteiger partial charge on any atom is 0.0282 e. The van der Waals surface area contributed by atoms with E-state index < -0.39 is 0 Å². The summed E-state index contributed by atoms with van der Waals surface area (Å²) < 4.78 is 1.21. The first-order valence-electron chi connectivity index (χ1n) is 4.42. The number of benzene rings is 1. The molecule has 0 atom stereocenters. The second kappa shape index (κ2) is 3.51. The van der Waals surface area contributed by atoms with Crippen LogP contribution in [0.4, 0.5) is 0 Å². The molecular weight excluding hydrogens is 224 g/mol. The SMILES string of the molecule is C=CC1=C(Br)c2ccccc2CC1. The van der Waals surface area contributed by atoms with Crippen molar-refractivity contribution >= 4 is 20.4 Å². The van der Waals surface area contributed by atoms with E-state index in [4.69, 9.17) is 0 Å². The Morgan fingerprint density at radius 3 is 2.77 bits per heavy atom. The van der Waals surface area contributed by atoms with Gasteiger partial charge in [-0.1, -0.05) is 36.9 Å². The standard InChI is InChI=1S/C12H11Br/c1-2-9-7-8-10-5-3-4-6-11(10)12(9)13/h2-6H,1,7-8H2. The summed E-state index contributed by atoms with van der Waals surface area (Å²) in [4.78, 5) is 0. The van der Waals surface area contributed by atoms with Crippen LogP contribution < -0.4 is 0 Å². The monoisotopic (exact) mass is 234 g/mol. The van der Waals surface area contributed by atoms with E-state index in [0.717, 1.165) is 12.8 Å². The molecule has 0 spiro atoms. The largest absolute Gasteiger partial charge is 0.0988 e. The molecule has 1 aliphatic carbocycles. The first-order valence-corrected chi connectivity index (χ1v) is 5.21. The summed E-state index contributed by atoms with van der Waals surface area (Å²) in [5.74, 6) is 0. The van der Waals surface area contributed by atoms with Crippen molar-refractivity contribution < 1.29 is 0 Å². The van der Waals surface area contributed by atoms with Crippen molar-refractivity contribution in [2.75, 3.05) is 0 Å². The second-order valence-corrected chi connectivity index (χ2v) is 3.99. The average Bonchev–Trinajstić information content (AvgIpc) is 2.19. The summed E-state index contributed by atoms with van der Waals surface area (Å²) >= 11 is 3.62. The van der Waals surface area contributed by atoms with Gasteiger partial charge >= 0.3 is 0 Å². The van der Waals surface area contributed by atoms with Crippen LogP contribution in [-0.4, -0.2) is 0 Å². The highest BCUT2D eigenvalue weighted by molar-refractivity contribution is 9.15. The van der Waals surface area contributed by atoms with E-state index in [0.29, 0.717) is 0 Å². The third-order valence-corrected chi connectivity index (χ3v) is 3.38. The second-order valence-electron chi connectivity index (χ2n) is 3.20. The van der Waals surface area contributed by atoms with Gasteiger partial charge in [0, 0.05) is 4.48 Å². The molecule has 66 valence electrons. The maximum absolute atomic E-state index is 3.82. The number of halogens is 1. The van der Waals surface area contributed by atoms with Crippen LogP contribution in [0.25, 0.3) is 4.48 Å². The van der Waals surface area contributed by atoms with Crippen LogP contribution in [0.5, 0.6) is 0 Å². The topological polar surface area (TPSA) is 0 Å². The lowest BCUT2D eigenvalue weighted by atomic mass is 9.92. The van der Waals surface area contributed by atoms with Crippen LogP contribution in [0, 0.1) is 0 Å². The van der Waals surface area contributed by atoms with Gasteiger partial charge < -0.3 is 0 Å². The number of hydrogen-bond acceptors (Lipinski definition) is 0. The third kappa shape index (κ3) is 1.49. The van der Waals surface area contributed by atoms with E-state index in [-0.39, 0.29) is 0 Å². The van der Waals surface area contributed by atoms with Gasteiger partial charge in [0.25, 0.3) is 0 Å². The van der Waals surface area contributed by atoms with Crippen LogP contribution in [0.2, 0.25) is 0 Å². The van der Waals surface area contributed by atoms with Crippen molar-refractivity contribution in [3.05, 3.63) is 53.6 Å². The minimum atomic E-state index is 1.10. The van der Waals surface area contributed by atoms with E-state index in [1.54, 1.807) is 0 Å². The summed E-state index contributed by atoms with van der Waals surface area (Å²) in [7, 11) is 0. The van der Waals surface area contributed by atoms with Gasteiger partial charge in [-0.2, -0.15) is 0 Å². The van der Waals surface area contributed by atoms with Gasteiger partial charge in [0.15, 0.2) is 0 Å². The zero-order valence-electron chi connectivity index (χ0n) is 7.39. The Kier molecular flexibility index (Phi) is 2.36. The molecule has 0 bridgehead atoms. The van der Waals surface area contributed by atoms with Crippen molar-refractivity contribution in [3.8, 4) is 0 Å². The minimum Gasteiger partial charge on any atom is -0.0988 e. The average molecular weight is 235 g/mol. The predicted molar refractivity (Wildman–Crippen MR) is 60.8 cm³/mol. The molecule has 1 aliphatic rings. The van der Waals surface area contributed by atoms with E-state index in [1.165, 1.54) is 21.2 Å². The van der Waals surface area contributed by atoms with Crippen molar-refractivity contribution in [1.29, 1.82) is 0 Å². The molecule has 1 aromatic carbocycles. The van der Waals surface area contributed by atoms with Gasteiger partial charge in [-0.15, -0.1) is 0 Å². The van der Waals surface area contributed by atoms with Gasteiger partial charge in [-0.25, -0.2) is 0 Å². The molecule has 0 N–H and O–H groups in total. The van der Waals surface area contributed by atoms with Gasteiger partial charge in [0.2, 0.25) is 0 Å². The molecule has 0 radical (unpaired) electrons. The lowest BCUT2D eigenvalue weighted by molar-refractivity contribution is 0.949. The maximum atomic E-state index is 3.82. The fourth-order valence-corrected chi connectivity index (χ4v) is 2.44. The third-order valence-electron chi connectivity index (χ3n) is 2.45. The van der Waals surface area contributed by atoms with E-state index in [9.17, 15) is 0 Å². The van der Waals surface area contributed by atoms with E-state index in [1.807, 2.05) is 6.08 Å². The molecule has 2 rings (SSSR count). The summed E-state index contributed by atoms with van der Waals surface area (Å²) in [6.07, 6.45) is 4.17. The highest BCUT2D eigenvalue weighted by Crippen LogP contribution is 2.35. The summed E-state index contributed by atoms with van der Waals surface area (Å²) in [6.45, 7) is 3.82. The molecule has 0 fully saturated rings. The Labute approximate surface area is 87.1 Å². The molecule has 0 aliphatic heterocycles. The van der Waals surface area contributed by atoms with Gasteiger partial charge in [0.1, 0.15) is 0 Å². The van der Waals surface area contributed by atoms with Crippen molar-refractivity contribution in [1.82, 2.24) is 0 Å². The molecule has 1 aromatic rings. The number of fused-ring (bicyclic) bond motifs is 1. The zero-order chi connectivity index (χ0) is 9.26. The van der Waals surface area contributed by atoms with Gasteiger partial charge in [-0.05, 0) is 45.5 Å². The van der Waals surface area contributed by atoms with Crippen molar-refractivity contribution in [2.45, 2.75) is 12.8 Å². The Morgan fingerprint density at radius 2 is 2.00 bits per heavy atom. The molecule has 0 saturated carbocycles. The fourth-order valence-electron chi connectivity index (χ4n) is 1.70. The first kappa shape index (κ1) is 8.76. The van der Waals surface area contributed by atoms with Crippen molar-refractivity contribution in [3.63, 3.8) is 0 Å². The molecule has 0 aromatic heterocycles. The fraction of sp³-hybridized carbons (Fsp3) is 0.167. The lowest BCUT2D eigenvalue weighted by Crippen LogP contribution is -2.00. The molecule has 0 nitrogen and oxygen atoms in total. The summed E-state index contributed by atoms with van der Waals surface area (Å²) in [6, 6.07) is 8.52. The highest BCUT2D eigenvalue weighted by Gasteiger charge is 2.13. The Balaban J connectivity index is 2.58. The summed E-state index contributed by atoms with van der Waals surface area (Å²) in [5.41, 5.74) is 4.07.